The summed E-state index contributed by atoms with van der Waals surface area (Å²) in [5.74, 6) is 0. The van der Waals surface area contributed by atoms with Crippen LogP contribution in [0, 0.1) is 0 Å². The summed E-state index contributed by atoms with van der Waals surface area (Å²) < 4.78 is 2.65. The Morgan fingerprint density at radius 3 is 2.81 bits per heavy atom. The zero-order valence-corrected chi connectivity index (χ0v) is 10.8. The average Bonchev–Trinajstić information content (AvgIpc) is 2.84. The molecule has 0 amide bonds. The van der Waals surface area contributed by atoms with Gasteiger partial charge in [0.25, 0.3) is 0 Å². The second-order valence-corrected chi connectivity index (χ2v) is 5.41. The number of aryl methyl sites for hydroxylation is 1. The Bertz CT molecular complexity index is 463. The number of halogens is 1. The number of aromatic nitrogens is 2. The van der Waals surface area contributed by atoms with Crippen LogP contribution in [-0.4, -0.2) is 16.8 Å². The van der Waals surface area contributed by atoms with Gasteiger partial charge in [-0.05, 0) is 25.2 Å². The van der Waals surface area contributed by atoms with E-state index in [9.17, 15) is 0 Å². The molecule has 1 atom stereocenters. The van der Waals surface area contributed by atoms with E-state index >= 15 is 0 Å². The van der Waals surface area contributed by atoms with Crippen LogP contribution in [0.3, 0.4) is 0 Å². The molecule has 0 radical (unpaired) electrons. The second-order valence-electron chi connectivity index (χ2n) is 3.67. The van der Waals surface area contributed by atoms with E-state index in [-0.39, 0.29) is 6.04 Å². The van der Waals surface area contributed by atoms with Crippen LogP contribution >= 0.6 is 22.9 Å². The molecule has 86 valence electrons. The molecule has 0 aliphatic heterocycles. The molecule has 5 heteroatoms. The number of nitrogens with one attached hydrogen (secondary N) is 1. The molecule has 0 bridgehead atoms. The van der Waals surface area contributed by atoms with Crippen molar-refractivity contribution in [3.05, 3.63) is 39.3 Å². The van der Waals surface area contributed by atoms with E-state index in [0.717, 1.165) is 16.5 Å². The molecule has 1 unspecified atom stereocenters. The summed E-state index contributed by atoms with van der Waals surface area (Å²) >= 11 is 7.55. The maximum Gasteiger partial charge on any atom is 0.0931 e. The van der Waals surface area contributed by atoms with Crippen molar-refractivity contribution in [2.24, 2.45) is 7.05 Å². The minimum absolute atomic E-state index is 0.285. The molecule has 0 fully saturated rings. The first-order valence-corrected chi connectivity index (χ1v) is 6.29. The van der Waals surface area contributed by atoms with Crippen LogP contribution in [-0.2, 0) is 13.5 Å². The molecule has 0 saturated carbocycles. The smallest absolute Gasteiger partial charge is 0.0931 e. The lowest BCUT2D eigenvalue weighted by Crippen LogP contribution is -2.18. The summed E-state index contributed by atoms with van der Waals surface area (Å²) in [6.45, 7) is 0. The Morgan fingerprint density at radius 1 is 1.50 bits per heavy atom. The highest BCUT2D eigenvalue weighted by molar-refractivity contribution is 7.16. The third-order valence-corrected chi connectivity index (χ3v) is 3.81. The molecule has 1 N–H and O–H groups in total. The fourth-order valence-electron chi connectivity index (χ4n) is 1.64. The van der Waals surface area contributed by atoms with Gasteiger partial charge in [0.05, 0.1) is 10.0 Å². The van der Waals surface area contributed by atoms with Crippen molar-refractivity contribution in [1.82, 2.24) is 15.1 Å². The van der Waals surface area contributed by atoms with Gasteiger partial charge in [-0.3, -0.25) is 4.68 Å². The van der Waals surface area contributed by atoms with E-state index in [1.165, 1.54) is 4.88 Å². The summed E-state index contributed by atoms with van der Waals surface area (Å²) in [5, 5.41) is 7.67. The zero-order valence-electron chi connectivity index (χ0n) is 9.27. The van der Waals surface area contributed by atoms with E-state index in [1.807, 2.05) is 37.1 Å². The zero-order chi connectivity index (χ0) is 11.5. The lowest BCUT2D eigenvalue weighted by Gasteiger charge is -2.12. The van der Waals surface area contributed by atoms with Gasteiger partial charge >= 0.3 is 0 Å². The third-order valence-electron chi connectivity index (χ3n) is 2.47. The van der Waals surface area contributed by atoms with Gasteiger partial charge < -0.3 is 5.32 Å². The molecular formula is C11H14ClN3S. The first-order chi connectivity index (χ1) is 7.69. The molecule has 2 rings (SSSR count). The summed E-state index contributed by atoms with van der Waals surface area (Å²) in [6, 6.07) is 6.33. The van der Waals surface area contributed by atoms with E-state index in [0.29, 0.717) is 0 Å². The van der Waals surface area contributed by atoms with E-state index < -0.39 is 0 Å². The first kappa shape index (κ1) is 11.6. The molecule has 0 aliphatic carbocycles. The standard InChI is InChI=1S/C11H14ClN3S/c1-13-9(10-3-4-11(12)16-10)7-8-5-6-15(2)14-8/h3-6,9,13H,7H2,1-2H3. The van der Waals surface area contributed by atoms with E-state index in [4.69, 9.17) is 11.6 Å². The van der Waals surface area contributed by atoms with Gasteiger partial charge in [-0.25, -0.2) is 0 Å². The number of nitrogens with zero attached hydrogens (tertiary/aromatic N) is 2. The van der Waals surface area contributed by atoms with Crippen molar-refractivity contribution in [3.63, 3.8) is 0 Å². The Balaban J connectivity index is 2.12. The van der Waals surface area contributed by atoms with Crippen molar-refractivity contribution in [2.45, 2.75) is 12.5 Å². The number of likely N-dealkylation sites (N-methyl/N-ethyl adjacent to an activating group) is 1. The molecule has 0 aliphatic rings. The normalized spacial score (nSPS) is 12.9. The predicted octanol–water partition coefficient (Wildman–Crippen LogP) is 2.64. The van der Waals surface area contributed by atoms with Gasteiger partial charge in [-0.2, -0.15) is 5.10 Å². The van der Waals surface area contributed by atoms with Crippen molar-refractivity contribution >= 4 is 22.9 Å². The Hall–Kier alpha value is -0.840. The van der Waals surface area contributed by atoms with Gasteiger partial charge in [0.15, 0.2) is 0 Å². The van der Waals surface area contributed by atoms with Crippen LogP contribution < -0.4 is 5.32 Å². The lowest BCUT2D eigenvalue weighted by atomic mass is 10.1. The average molecular weight is 256 g/mol. The van der Waals surface area contributed by atoms with Gasteiger partial charge in [-0.1, -0.05) is 11.6 Å². The maximum absolute atomic E-state index is 5.94. The molecule has 3 nitrogen and oxygen atoms in total. The highest BCUT2D eigenvalue weighted by Gasteiger charge is 2.13. The van der Waals surface area contributed by atoms with Gasteiger partial charge in [0, 0.05) is 30.6 Å². The summed E-state index contributed by atoms with van der Waals surface area (Å²) in [5.41, 5.74) is 1.09. The van der Waals surface area contributed by atoms with Crippen LogP contribution in [0.4, 0.5) is 0 Å². The Kier molecular flexibility index (Phi) is 3.63. The largest absolute Gasteiger partial charge is 0.312 e. The van der Waals surface area contributed by atoms with E-state index in [1.54, 1.807) is 11.3 Å². The van der Waals surface area contributed by atoms with Gasteiger partial charge in [0.2, 0.25) is 0 Å². The molecular weight excluding hydrogens is 242 g/mol. The van der Waals surface area contributed by atoms with Crippen LogP contribution in [0.2, 0.25) is 4.34 Å². The van der Waals surface area contributed by atoms with Gasteiger partial charge in [-0.15, -0.1) is 11.3 Å². The second kappa shape index (κ2) is 4.99. The van der Waals surface area contributed by atoms with Crippen LogP contribution in [0.1, 0.15) is 16.6 Å². The van der Waals surface area contributed by atoms with Crippen LogP contribution in [0.5, 0.6) is 0 Å². The lowest BCUT2D eigenvalue weighted by molar-refractivity contribution is 0.586. The summed E-state index contributed by atoms with van der Waals surface area (Å²) in [4.78, 5) is 1.25. The molecule has 2 heterocycles. The van der Waals surface area contributed by atoms with Crippen LogP contribution in [0.25, 0.3) is 0 Å². The highest BCUT2D eigenvalue weighted by Crippen LogP contribution is 2.28. The van der Waals surface area contributed by atoms with E-state index in [2.05, 4.69) is 16.5 Å². The predicted molar refractivity (Wildman–Crippen MR) is 68.0 cm³/mol. The first-order valence-electron chi connectivity index (χ1n) is 5.10. The fraction of sp³-hybridized carbons (Fsp3) is 0.364. The number of thiophene rings is 1. The van der Waals surface area contributed by atoms with Crippen molar-refractivity contribution in [3.8, 4) is 0 Å². The number of hydrogen-bond donors (Lipinski definition) is 1. The minimum Gasteiger partial charge on any atom is -0.312 e. The molecule has 16 heavy (non-hydrogen) atoms. The third kappa shape index (κ3) is 2.64. The summed E-state index contributed by atoms with van der Waals surface area (Å²) in [6.07, 6.45) is 2.84. The highest BCUT2D eigenvalue weighted by atomic mass is 35.5. The molecule has 2 aromatic rings. The number of rotatable bonds is 4. The Labute approximate surface area is 104 Å². The van der Waals surface area contributed by atoms with Crippen LogP contribution in [0.15, 0.2) is 24.4 Å². The molecule has 0 spiro atoms. The van der Waals surface area contributed by atoms with Crippen molar-refractivity contribution in [2.75, 3.05) is 7.05 Å². The molecule has 2 aromatic heterocycles. The molecule has 0 saturated heterocycles. The fourth-order valence-corrected chi connectivity index (χ4v) is 2.81. The Morgan fingerprint density at radius 2 is 2.31 bits per heavy atom. The minimum atomic E-state index is 0.285. The number of hydrogen-bond acceptors (Lipinski definition) is 3. The van der Waals surface area contributed by atoms with Gasteiger partial charge in [0.1, 0.15) is 0 Å². The topological polar surface area (TPSA) is 29.9 Å². The monoisotopic (exact) mass is 255 g/mol. The molecule has 0 aromatic carbocycles. The SMILES string of the molecule is CNC(Cc1ccn(C)n1)c1ccc(Cl)s1. The van der Waals surface area contributed by atoms with Crippen molar-refractivity contribution in [1.29, 1.82) is 0 Å². The quantitative estimate of drug-likeness (QED) is 0.910. The van der Waals surface area contributed by atoms with Crippen molar-refractivity contribution < 1.29 is 0 Å². The maximum atomic E-state index is 5.94. The summed E-state index contributed by atoms with van der Waals surface area (Å²) in [7, 11) is 3.89.